The smallest absolute Gasteiger partial charge is 0.306 e. The Kier molecular flexibility index (Phi) is 64.6. The molecule has 456 valence electrons. The molecule has 0 rings (SSSR count). The number of unbranched alkanes of at least 4 members (excludes halogenated alkanes) is 45. The lowest BCUT2D eigenvalue weighted by Crippen LogP contribution is -2.30. The van der Waals surface area contributed by atoms with Crippen LogP contribution in [0.15, 0.2) is 48.6 Å². The molecule has 78 heavy (non-hydrogen) atoms. The van der Waals surface area contributed by atoms with Crippen LogP contribution in [0.1, 0.15) is 374 Å². The molecule has 6 heteroatoms. The van der Waals surface area contributed by atoms with E-state index >= 15 is 0 Å². The van der Waals surface area contributed by atoms with Gasteiger partial charge >= 0.3 is 17.9 Å². The third-order valence-electron chi connectivity index (χ3n) is 15.5. The monoisotopic (exact) mass is 1090 g/mol. The van der Waals surface area contributed by atoms with E-state index in [2.05, 4.69) is 69.4 Å². The molecule has 0 heterocycles. The van der Waals surface area contributed by atoms with Crippen molar-refractivity contribution in [1.82, 2.24) is 0 Å². The summed E-state index contributed by atoms with van der Waals surface area (Å²) in [6.07, 6.45) is 84.4. The second-order valence-electron chi connectivity index (χ2n) is 23.4. The van der Waals surface area contributed by atoms with Gasteiger partial charge in [-0.15, -0.1) is 0 Å². The second-order valence-corrected chi connectivity index (χ2v) is 23.4. The summed E-state index contributed by atoms with van der Waals surface area (Å²) in [6.45, 7) is 6.59. The summed E-state index contributed by atoms with van der Waals surface area (Å²) in [5, 5.41) is 0. The lowest BCUT2D eigenvalue weighted by Gasteiger charge is -2.18. The van der Waals surface area contributed by atoms with Crippen LogP contribution in [0.3, 0.4) is 0 Å². The molecular formula is C72H132O6. The fourth-order valence-electron chi connectivity index (χ4n) is 10.3. The zero-order valence-electron chi connectivity index (χ0n) is 52.5. The van der Waals surface area contributed by atoms with Gasteiger partial charge in [0.1, 0.15) is 13.2 Å². The van der Waals surface area contributed by atoms with E-state index in [4.69, 9.17) is 14.2 Å². The Labute approximate surface area is 486 Å². The molecule has 0 spiro atoms. The van der Waals surface area contributed by atoms with Crippen LogP contribution in [0, 0.1) is 0 Å². The van der Waals surface area contributed by atoms with Crippen molar-refractivity contribution in [2.24, 2.45) is 0 Å². The number of allylic oxidation sites excluding steroid dienone is 8. The SMILES string of the molecule is CCC/C=C\C/C=C\CCCCCCCC(=O)OCC(COC(=O)CCCCCCCCCCCCCCCCCCCCCCCCCCCCCCCC)OC(=O)CCCCCCCCC/C=C\C/C=C\CCCCC. The highest BCUT2D eigenvalue weighted by Gasteiger charge is 2.19. The molecule has 6 nitrogen and oxygen atoms in total. The van der Waals surface area contributed by atoms with Crippen molar-refractivity contribution >= 4 is 17.9 Å². The highest BCUT2D eigenvalue weighted by molar-refractivity contribution is 5.71. The summed E-state index contributed by atoms with van der Waals surface area (Å²) in [7, 11) is 0. The molecule has 0 saturated heterocycles. The van der Waals surface area contributed by atoms with Crippen molar-refractivity contribution in [2.45, 2.75) is 380 Å². The van der Waals surface area contributed by atoms with Crippen LogP contribution in [0.2, 0.25) is 0 Å². The third-order valence-corrected chi connectivity index (χ3v) is 15.5. The molecule has 0 radical (unpaired) electrons. The summed E-state index contributed by atoms with van der Waals surface area (Å²) in [5.74, 6) is -0.879. The zero-order chi connectivity index (χ0) is 56.4. The van der Waals surface area contributed by atoms with Gasteiger partial charge in [-0.3, -0.25) is 14.4 Å². The molecule has 1 unspecified atom stereocenters. The van der Waals surface area contributed by atoms with Crippen LogP contribution in [-0.2, 0) is 28.6 Å². The second kappa shape index (κ2) is 66.9. The maximum absolute atomic E-state index is 12.9. The first-order valence-corrected chi connectivity index (χ1v) is 34.6. The van der Waals surface area contributed by atoms with Gasteiger partial charge in [0.2, 0.25) is 0 Å². The van der Waals surface area contributed by atoms with Gasteiger partial charge in [-0.25, -0.2) is 0 Å². The number of esters is 3. The van der Waals surface area contributed by atoms with E-state index in [0.29, 0.717) is 19.3 Å². The van der Waals surface area contributed by atoms with E-state index in [1.165, 1.54) is 238 Å². The Hall–Kier alpha value is -2.63. The average molecular weight is 1090 g/mol. The highest BCUT2D eigenvalue weighted by atomic mass is 16.6. The van der Waals surface area contributed by atoms with Crippen molar-refractivity contribution in [3.63, 3.8) is 0 Å². The number of ether oxygens (including phenoxy) is 3. The Morgan fingerprint density at radius 2 is 0.487 bits per heavy atom. The third kappa shape index (κ3) is 64.2. The molecule has 0 aliphatic rings. The van der Waals surface area contributed by atoms with E-state index in [-0.39, 0.29) is 31.1 Å². The quantitative estimate of drug-likeness (QED) is 0.0261. The molecule has 0 amide bonds. The maximum atomic E-state index is 12.9. The molecule has 0 bridgehead atoms. The van der Waals surface area contributed by atoms with Gasteiger partial charge in [-0.05, 0) is 77.0 Å². The first-order valence-electron chi connectivity index (χ1n) is 34.6. The van der Waals surface area contributed by atoms with E-state index in [1.54, 1.807) is 0 Å². The fraction of sp³-hybridized carbons (Fsp3) is 0.847. The number of carbonyl (C=O) groups excluding carboxylic acids is 3. The van der Waals surface area contributed by atoms with Gasteiger partial charge in [-0.1, -0.05) is 326 Å². The minimum Gasteiger partial charge on any atom is -0.462 e. The van der Waals surface area contributed by atoms with Crippen molar-refractivity contribution < 1.29 is 28.6 Å². The normalized spacial score (nSPS) is 12.3. The Balaban J connectivity index is 4.16. The van der Waals surface area contributed by atoms with Crippen molar-refractivity contribution in [1.29, 1.82) is 0 Å². The molecule has 0 N–H and O–H groups in total. The predicted molar refractivity (Wildman–Crippen MR) is 339 cm³/mol. The van der Waals surface area contributed by atoms with Crippen LogP contribution >= 0.6 is 0 Å². The average Bonchev–Trinajstić information content (AvgIpc) is 3.44. The molecule has 0 aliphatic carbocycles. The van der Waals surface area contributed by atoms with Gasteiger partial charge in [0, 0.05) is 19.3 Å². The number of rotatable bonds is 64. The molecule has 0 saturated carbocycles. The van der Waals surface area contributed by atoms with Gasteiger partial charge in [0.25, 0.3) is 0 Å². The lowest BCUT2D eigenvalue weighted by molar-refractivity contribution is -0.167. The van der Waals surface area contributed by atoms with Gasteiger partial charge in [0.05, 0.1) is 0 Å². The van der Waals surface area contributed by atoms with Crippen LogP contribution in [-0.4, -0.2) is 37.2 Å². The highest BCUT2D eigenvalue weighted by Crippen LogP contribution is 2.18. The Morgan fingerprint density at radius 3 is 0.782 bits per heavy atom. The largest absolute Gasteiger partial charge is 0.462 e. The van der Waals surface area contributed by atoms with E-state index < -0.39 is 6.10 Å². The molecule has 0 aromatic heterocycles. The summed E-state index contributed by atoms with van der Waals surface area (Å²) in [4.78, 5) is 38.3. The molecule has 0 aromatic carbocycles. The molecular weight excluding hydrogens is 961 g/mol. The summed E-state index contributed by atoms with van der Waals surface area (Å²) < 4.78 is 16.9. The van der Waals surface area contributed by atoms with E-state index in [9.17, 15) is 14.4 Å². The first-order chi connectivity index (χ1) is 38.5. The zero-order valence-corrected chi connectivity index (χ0v) is 52.5. The number of hydrogen-bond donors (Lipinski definition) is 0. The fourth-order valence-corrected chi connectivity index (χ4v) is 10.3. The first kappa shape index (κ1) is 75.4. The Morgan fingerprint density at radius 1 is 0.256 bits per heavy atom. The standard InChI is InChI=1S/C72H132O6/c1-4-7-10-13-16-19-22-25-27-29-30-31-32-33-34-35-36-37-38-39-40-41-43-44-47-50-53-56-59-62-65-71(74)77-68-69(67-76-70(73)64-61-58-55-52-49-46-24-21-18-15-12-9-6-3)78-72(75)66-63-60-57-54-51-48-45-42-28-26-23-20-17-14-11-8-5-2/h12,15,17,20-21,24,26,28,69H,4-11,13-14,16,18-19,22-23,25,27,29-68H2,1-3H3/b15-12-,20-17-,24-21-,28-26-. The maximum Gasteiger partial charge on any atom is 0.306 e. The minimum absolute atomic E-state index is 0.0775. The number of carbonyl (C=O) groups is 3. The van der Waals surface area contributed by atoms with Crippen LogP contribution in [0.4, 0.5) is 0 Å². The summed E-state index contributed by atoms with van der Waals surface area (Å²) in [5.41, 5.74) is 0. The molecule has 0 aromatic rings. The van der Waals surface area contributed by atoms with E-state index in [0.717, 1.165) is 96.3 Å². The summed E-state index contributed by atoms with van der Waals surface area (Å²) >= 11 is 0. The molecule has 0 aliphatic heterocycles. The molecule has 0 fully saturated rings. The topological polar surface area (TPSA) is 78.9 Å². The lowest BCUT2D eigenvalue weighted by atomic mass is 10.0. The van der Waals surface area contributed by atoms with Crippen LogP contribution in [0.25, 0.3) is 0 Å². The Bertz CT molecular complexity index is 1350. The summed E-state index contributed by atoms with van der Waals surface area (Å²) in [6, 6.07) is 0. The van der Waals surface area contributed by atoms with E-state index in [1.807, 2.05) is 0 Å². The minimum atomic E-state index is -0.783. The van der Waals surface area contributed by atoms with Crippen LogP contribution in [0.5, 0.6) is 0 Å². The van der Waals surface area contributed by atoms with Gasteiger partial charge in [0.15, 0.2) is 6.10 Å². The number of hydrogen-bond acceptors (Lipinski definition) is 6. The van der Waals surface area contributed by atoms with Crippen molar-refractivity contribution in [3.05, 3.63) is 48.6 Å². The van der Waals surface area contributed by atoms with Crippen molar-refractivity contribution in [2.75, 3.05) is 13.2 Å². The van der Waals surface area contributed by atoms with Gasteiger partial charge < -0.3 is 14.2 Å². The predicted octanol–water partition coefficient (Wildman–Crippen LogP) is 23.7. The van der Waals surface area contributed by atoms with Crippen LogP contribution < -0.4 is 0 Å². The molecule has 1 atom stereocenters. The van der Waals surface area contributed by atoms with Gasteiger partial charge in [-0.2, -0.15) is 0 Å². The van der Waals surface area contributed by atoms with Crippen molar-refractivity contribution in [3.8, 4) is 0 Å².